The minimum absolute atomic E-state index is 0.107. The van der Waals surface area contributed by atoms with E-state index < -0.39 is 11.6 Å². The number of nitrogens with zero attached hydrogens (tertiary/aromatic N) is 5. The zero-order chi connectivity index (χ0) is 25.4. The van der Waals surface area contributed by atoms with Crippen molar-refractivity contribution in [1.29, 1.82) is 0 Å². The lowest BCUT2D eigenvalue weighted by molar-refractivity contribution is -0.167. The molecule has 1 fully saturated rings. The Labute approximate surface area is 211 Å². The van der Waals surface area contributed by atoms with E-state index >= 15 is 0 Å². The fourth-order valence-electron chi connectivity index (χ4n) is 5.75. The quantitative estimate of drug-likeness (QED) is 0.459. The summed E-state index contributed by atoms with van der Waals surface area (Å²) in [6.45, 7) is 8.12. The Morgan fingerprint density at radius 3 is 2.69 bits per heavy atom. The number of ether oxygens (including phenoxy) is 1. The van der Waals surface area contributed by atoms with Crippen LogP contribution in [0.3, 0.4) is 0 Å². The minimum Gasteiger partial charge on any atom is -0.512 e. The van der Waals surface area contributed by atoms with Gasteiger partial charge in [-0.05, 0) is 75.1 Å². The van der Waals surface area contributed by atoms with E-state index in [4.69, 9.17) is 4.74 Å². The second kappa shape index (κ2) is 9.64. The van der Waals surface area contributed by atoms with Gasteiger partial charge in [-0.15, -0.1) is 5.10 Å². The number of aromatic nitrogens is 5. The predicted molar refractivity (Wildman–Crippen MR) is 136 cm³/mol. The van der Waals surface area contributed by atoms with Crippen molar-refractivity contribution in [3.05, 3.63) is 64.2 Å². The summed E-state index contributed by atoms with van der Waals surface area (Å²) in [5.41, 5.74) is 3.58. The maximum Gasteiger partial charge on any atom is 0.338 e. The molecule has 0 aromatic carbocycles. The predicted octanol–water partition coefficient (Wildman–Crippen LogP) is 5.12. The number of cyclic esters (lactones) is 1. The largest absolute Gasteiger partial charge is 0.512 e. The van der Waals surface area contributed by atoms with Crippen LogP contribution in [0.4, 0.5) is 0 Å². The van der Waals surface area contributed by atoms with Crippen LogP contribution in [0.15, 0.2) is 35.7 Å². The normalized spacial score (nSPS) is 21.1. The molecule has 1 atom stereocenters. The Balaban J connectivity index is 1.40. The summed E-state index contributed by atoms with van der Waals surface area (Å²) in [4.78, 5) is 26.7. The summed E-state index contributed by atoms with van der Waals surface area (Å²) >= 11 is 0. The molecular formula is C28H35N5O3. The summed E-state index contributed by atoms with van der Waals surface area (Å²) < 4.78 is 7.94. The van der Waals surface area contributed by atoms with Crippen LogP contribution >= 0.6 is 0 Å². The maximum absolute atomic E-state index is 13.3. The summed E-state index contributed by atoms with van der Waals surface area (Å²) in [7, 11) is 0. The Morgan fingerprint density at radius 1 is 1.19 bits per heavy atom. The molecule has 0 bridgehead atoms. The maximum atomic E-state index is 13.3. The van der Waals surface area contributed by atoms with Gasteiger partial charge in [0.15, 0.2) is 5.82 Å². The van der Waals surface area contributed by atoms with Gasteiger partial charge < -0.3 is 9.84 Å². The van der Waals surface area contributed by atoms with Crippen molar-refractivity contribution in [2.45, 2.75) is 90.6 Å². The molecule has 0 amide bonds. The van der Waals surface area contributed by atoms with E-state index in [-0.39, 0.29) is 23.7 Å². The molecule has 3 aromatic heterocycles. The van der Waals surface area contributed by atoms with Gasteiger partial charge in [0.1, 0.15) is 11.4 Å². The lowest BCUT2D eigenvalue weighted by atomic mass is 9.76. The molecule has 1 aliphatic heterocycles. The van der Waals surface area contributed by atoms with Crippen molar-refractivity contribution in [1.82, 2.24) is 24.6 Å². The smallest absolute Gasteiger partial charge is 0.338 e. The first-order chi connectivity index (χ1) is 17.2. The number of aliphatic hydroxyl groups is 1. The zero-order valence-corrected chi connectivity index (χ0v) is 21.6. The number of aryl methyl sites for hydroxylation is 3. The van der Waals surface area contributed by atoms with Crippen molar-refractivity contribution < 1.29 is 14.6 Å². The van der Waals surface area contributed by atoms with E-state index in [1.165, 1.54) is 5.56 Å². The highest BCUT2D eigenvalue weighted by atomic mass is 16.6. The van der Waals surface area contributed by atoms with Crippen LogP contribution in [-0.4, -0.2) is 41.2 Å². The zero-order valence-electron chi connectivity index (χ0n) is 21.6. The standard InChI is InChI=1S/C28H35N5O3/c1-17(2)23-14-20(10-12-29-23)9-11-28(21-7-5-6-8-21)16-24(34)22(26(35)36-28)15-25-31-27-30-18(3)13-19(4)33(27)32-25/h10,12-14,17,21,34H,5-9,11,15-16H2,1-4H3. The van der Waals surface area contributed by atoms with Gasteiger partial charge in [0.05, 0.1) is 5.57 Å². The Bertz CT molecular complexity index is 1320. The fourth-order valence-corrected chi connectivity index (χ4v) is 5.75. The summed E-state index contributed by atoms with van der Waals surface area (Å²) in [6, 6.07) is 6.11. The van der Waals surface area contributed by atoms with Gasteiger partial charge in [0, 0.05) is 36.1 Å². The number of carbonyl (C=O) groups is 1. The molecule has 0 saturated heterocycles. The van der Waals surface area contributed by atoms with Gasteiger partial charge in [-0.1, -0.05) is 26.7 Å². The molecule has 36 heavy (non-hydrogen) atoms. The van der Waals surface area contributed by atoms with Gasteiger partial charge in [-0.3, -0.25) is 4.98 Å². The third-order valence-corrected chi connectivity index (χ3v) is 7.73. The van der Waals surface area contributed by atoms with Gasteiger partial charge >= 0.3 is 5.97 Å². The second-order valence-electron chi connectivity index (χ2n) is 10.7. The summed E-state index contributed by atoms with van der Waals surface area (Å²) in [5, 5.41) is 15.7. The monoisotopic (exact) mass is 489 g/mol. The van der Waals surface area contributed by atoms with Gasteiger partial charge in [-0.2, -0.15) is 4.98 Å². The van der Waals surface area contributed by atoms with E-state index in [9.17, 15) is 9.90 Å². The lowest BCUT2D eigenvalue weighted by Gasteiger charge is -2.41. The average Bonchev–Trinajstić information content (AvgIpc) is 3.51. The number of hydrogen-bond donors (Lipinski definition) is 1. The highest BCUT2D eigenvalue weighted by Crippen LogP contribution is 2.46. The van der Waals surface area contributed by atoms with E-state index in [1.54, 1.807) is 4.52 Å². The van der Waals surface area contributed by atoms with Crippen LogP contribution in [-0.2, 0) is 22.4 Å². The average molecular weight is 490 g/mol. The Kier molecular flexibility index (Phi) is 6.53. The molecule has 1 unspecified atom stereocenters. The molecule has 8 nitrogen and oxygen atoms in total. The van der Waals surface area contributed by atoms with E-state index in [0.717, 1.165) is 49.2 Å². The highest BCUT2D eigenvalue weighted by molar-refractivity contribution is 5.90. The number of hydrogen-bond acceptors (Lipinski definition) is 7. The highest BCUT2D eigenvalue weighted by Gasteiger charge is 2.48. The van der Waals surface area contributed by atoms with Crippen molar-refractivity contribution in [2.24, 2.45) is 5.92 Å². The molecule has 5 rings (SSSR count). The van der Waals surface area contributed by atoms with Crippen LogP contribution in [0.1, 0.15) is 86.8 Å². The number of fused-ring (bicyclic) bond motifs is 1. The molecule has 0 spiro atoms. The first kappa shape index (κ1) is 24.4. The van der Waals surface area contributed by atoms with E-state index in [2.05, 4.69) is 40.0 Å². The second-order valence-corrected chi connectivity index (χ2v) is 10.7. The summed E-state index contributed by atoms with van der Waals surface area (Å²) in [6.07, 6.45) is 8.05. The lowest BCUT2D eigenvalue weighted by Crippen LogP contribution is -2.46. The molecule has 1 aliphatic carbocycles. The molecule has 1 N–H and O–H groups in total. The minimum atomic E-state index is -0.690. The Hall–Kier alpha value is -3.29. The van der Waals surface area contributed by atoms with Crippen LogP contribution in [0.25, 0.3) is 5.78 Å². The van der Waals surface area contributed by atoms with Crippen molar-refractivity contribution in [3.8, 4) is 0 Å². The molecule has 190 valence electrons. The van der Waals surface area contributed by atoms with Crippen LogP contribution in [0.5, 0.6) is 0 Å². The number of pyridine rings is 1. The first-order valence-corrected chi connectivity index (χ1v) is 13.0. The topological polar surface area (TPSA) is 102 Å². The molecule has 1 saturated carbocycles. The number of rotatable bonds is 7. The molecule has 8 heteroatoms. The number of aliphatic hydroxyl groups excluding tert-OH is 1. The Morgan fingerprint density at radius 2 is 1.97 bits per heavy atom. The van der Waals surface area contributed by atoms with Crippen molar-refractivity contribution in [2.75, 3.05) is 0 Å². The van der Waals surface area contributed by atoms with Crippen molar-refractivity contribution in [3.63, 3.8) is 0 Å². The third kappa shape index (κ3) is 4.73. The van der Waals surface area contributed by atoms with E-state index in [1.807, 2.05) is 32.2 Å². The first-order valence-electron chi connectivity index (χ1n) is 13.0. The van der Waals surface area contributed by atoms with Crippen LogP contribution in [0.2, 0.25) is 0 Å². The summed E-state index contributed by atoms with van der Waals surface area (Å²) in [5.74, 6) is 1.19. The molecular weight excluding hydrogens is 454 g/mol. The van der Waals surface area contributed by atoms with Crippen LogP contribution < -0.4 is 0 Å². The molecule has 0 radical (unpaired) electrons. The number of carbonyl (C=O) groups excluding carboxylic acids is 1. The van der Waals surface area contributed by atoms with Crippen LogP contribution in [0, 0.1) is 19.8 Å². The third-order valence-electron chi connectivity index (χ3n) is 7.73. The number of esters is 1. The SMILES string of the molecule is Cc1cc(C)n2nc(CC3=C(O)CC(CCc4ccnc(C(C)C)c4)(C4CCCC4)OC3=O)nc2n1. The van der Waals surface area contributed by atoms with Gasteiger partial charge in [-0.25, -0.2) is 14.3 Å². The van der Waals surface area contributed by atoms with Gasteiger partial charge in [0.2, 0.25) is 0 Å². The fraction of sp³-hybridized carbons (Fsp3) is 0.536. The molecule has 4 heterocycles. The molecule has 3 aromatic rings. The van der Waals surface area contributed by atoms with E-state index in [0.29, 0.717) is 30.4 Å². The van der Waals surface area contributed by atoms with Crippen molar-refractivity contribution >= 4 is 11.7 Å². The van der Waals surface area contributed by atoms with Gasteiger partial charge in [0.25, 0.3) is 5.78 Å². The molecule has 2 aliphatic rings.